The third-order valence-corrected chi connectivity index (χ3v) is 4.06. The van der Waals surface area contributed by atoms with Gasteiger partial charge in [-0.1, -0.05) is 62.4 Å². The number of nitrogens with zero attached hydrogens (tertiary/aromatic N) is 2. The molecule has 0 N–H and O–H groups in total. The molecule has 0 spiro atoms. The Labute approximate surface area is 142 Å². The first-order valence-corrected chi connectivity index (χ1v) is 8.04. The molecule has 1 fully saturated rings. The molecule has 0 aromatic heterocycles. The van der Waals surface area contributed by atoms with E-state index in [0.717, 1.165) is 5.56 Å². The van der Waals surface area contributed by atoms with E-state index in [9.17, 15) is 9.59 Å². The van der Waals surface area contributed by atoms with Gasteiger partial charge in [-0.3, -0.25) is 9.69 Å². The molecule has 2 aromatic carbocycles. The fraction of sp³-hybridized carbons (Fsp3) is 0.200. The SMILES string of the molecule is CC(C)[C@H]1C(=O)N(c2ccccc2)C(=O)N1/C=C/c1ccccc1. The summed E-state index contributed by atoms with van der Waals surface area (Å²) in [5.41, 5.74) is 1.59. The van der Waals surface area contributed by atoms with Gasteiger partial charge in [0.15, 0.2) is 0 Å². The van der Waals surface area contributed by atoms with Gasteiger partial charge in [0.25, 0.3) is 5.91 Å². The highest BCUT2D eigenvalue weighted by atomic mass is 16.2. The summed E-state index contributed by atoms with van der Waals surface area (Å²) in [6.07, 6.45) is 3.57. The van der Waals surface area contributed by atoms with Gasteiger partial charge in [-0.2, -0.15) is 0 Å². The van der Waals surface area contributed by atoms with Gasteiger partial charge in [0, 0.05) is 6.20 Å². The van der Waals surface area contributed by atoms with Crippen LogP contribution in [0.25, 0.3) is 6.08 Å². The monoisotopic (exact) mass is 320 g/mol. The van der Waals surface area contributed by atoms with Crippen molar-refractivity contribution in [1.82, 2.24) is 4.90 Å². The van der Waals surface area contributed by atoms with E-state index in [0.29, 0.717) is 5.69 Å². The first kappa shape index (κ1) is 16.0. The van der Waals surface area contributed by atoms with Gasteiger partial charge in [0.1, 0.15) is 6.04 Å². The second-order valence-corrected chi connectivity index (χ2v) is 6.11. The topological polar surface area (TPSA) is 40.6 Å². The third-order valence-electron chi connectivity index (χ3n) is 4.06. The molecule has 0 radical (unpaired) electrons. The highest BCUT2D eigenvalue weighted by Crippen LogP contribution is 2.29. The van der Waals surface area contributed by atoms with Crippen molar-refractivity contribution in [3.05, 3.63) is 72.4 Å². The van der Waals surface area contributed by atoms with Crippen molar-refractivity contribution >= 4 is 23.7 Å². The normalized spacial score (nSPS) is 18.2. The van der Waals surface area contributed by atoms with Crippen LogP contribution in [0.3, 0.4) is 0 Å². The number of imide groups is 1. The molecule has 0 saturated carbocycles. The number of urea groups is 1. The Morgan fingerprint density at radius 2 is 1.50 bits per heavy atom. The van der Waals surface area contributed by atoms with E-state index in [1.165, 1.54) is 9.80 Å². The van der Waals surface area contributed by atoms with Crippen molar-refractivity contribution in [2.24, 2.45) is 5.92 Å². The number of benzene rings is 2. The van der Waals surface area contributed by atoms with Gasteiger partial charge in [0.05, 0.1) is 5.69 Å². The molecule has 0 bridgehead atoms. The van der Waals surface area contributed by atoms with Crippen LogP contribution in [0.4, 0.5) is 10.5 Å². The van der Waals surface area contributed by atoms with Crippen molar-refractivity contribution in [3.63, 3.8) is 0 Å². The van der Waals surface area contributed by atoms with E-state index in [4.69, 9.17) is 0 Å². The molecule has 1 heterocycles. The molecule has 1 saturated heterocycles. The molecule has 3 amide bonds. The standard InChI is InChI=1S/C20H20N2O2/c1-15(2)18-19(23)22(17-11-7-4-8-12-17)20(24)21(18)14-13-16-9-5-3-6-10-16/h3-15,18H,1-2H3/b14-13+/t18-/m0/s1. The zero-order valence-corrected chi connectivity index (χ0v) is 13.8. The molecule has 1 aliphatic heterocycles. The number of anilines is 1. The molecule has 2 aromatic rings. The van der Waals surface area contributed by atoms with Crippen molar-refractivity contribution < 1.29 is 9.59 Å². The summed E-state index contributed by atoms with van der Waals surface area (Å²) in [5, 5.41) is 0. The maximum atomic E-state index is 12.8. The molecule has 4 heteroatoms. The number of carbonyl (C=O) groups excluding carboxylic acids is 2. The maximum absolute atomic E-state index is 12.8. The van der Waals surface area contributed by atoms with Crippen molar-refractivity contribution in [1.29, 1.82) is 0 Å². The number of carbonyl (C=O) groups is 2. The summed E-state index contributed by atoms with van der Waals surface area (Å²) in [7, 11) is 0. The van der Waals surface area contributed by atoms with Crippen LogP contribution in [0.1, 0.15) is 19.4 Å². The zero-order valence-electron chi connectivity index (χ0n) is 13.8. The quantitative estimate of drug-likeness (QED) is 0.794. The Balaban J connectivity index is 1.94. The molecule has 0 unspecified atom stereocenters. The first-order valence-electron chi connectivity index (χ1n) is 8.04. The minimum atomic E-state index is -0.488. The van der Waals surface area contributed by atoms with E-state index in [1.807, 2.05) is 68.5 Å². The molecule has 122 valence electrons. The minimum Gasteiger partial charge on any atom is -0.288 e. The summed E-state index contributed by atoms with van der Waals surface area (Å²) in [6, 6.07) is 18.0. The fourth-order valence-corrected chi connectivity index (χ4v) is 2.89. The van der Waals surface area contributed by atoms with Crippen LogP contribution >= 0.6 is 0 Å². The second kappa shape index (κ2) is 6.71. The summed E-state index contributed by atoms with van der Waals surface area (Å²) in [5.74, 6) is -0.158. The summed E-state index contributed by atoms with van der Waals surface area (Å²) >= 11 is 0. The Kier molecular flexibility index (Phi) is 4.47. The van der Waals surface area contributed by atoms with Gasteiger partial charge in [-0.15, -0.1) is 0 Å². The zero-order chi connectivity index (χ0) is 17.1. The van der Waals surface area contributed by atoms with Crippen LogP contribution in [-0.4, -0.2) is 22.9 Å². The van der Waals surface area contributed by atoms with Crippen LogP contribution in [0.5, 0.6) is 0 Å². The van der Waals surface area contributed by atoms with E-state index in [-0.39, 0.29) is 17.9 Å². The van der Waals surface area contributed by atoms with Gasteiger partial charge >= 0.3 is 6.03 Å². The van der Waals surface area contributed by atoms with Gasteiger partial charge in [-0.25, -0.2) is 9.69 Å². The minimum absolute atomic E-state index is 0.0237. The molecule has 3 rings (SSSR count). The lowest BCUT2D eigenvalue weighted by Gasteiger charge is -2.20. The van der Waals surface area contributed by atoms with Crippen LogP contribution in [-0.2, 0) is 4.79 Å². The van der Waals surface area contributed by atoms with E-state index >= 15 is 0 Å². The van der Waals surface area contributed by atoms with E-state index < -0.39 is 6.04 Å². The molecule has 0 aliphatic carbocycles. The van der Waals surface area contributed by atoms with Gasteiger partial charge in [0.2, 0.25) is 0 Å². The lowest BCUT2D eigenvalue weighted by molar-refractivity contribution is -0.120. The smallest absolute Gasteiger partial charge is 0.288 e. The lowest BCUT2D eigenvalue weighted by Crippen LogP contribution is -2.35. The van der Waals surface area contributed by atoms with Gasteiger partial charge < -0.3 is 0 Å². The predicted octanol–water partition coefficient (Wildman–Crippen LogP) is 4.15. The van der Waals surface area contributed by atoms with Crippen LogP contribution in [0, 0.1) is 5.92 Å². The van der Waals surface area contributed by atoms with Crippen molar-refractivity contribution in [2.75, 3.05) is 4.90 Å². The number of para-hydroxylation sites is 1. The maximum Gasteiger partial charge on any atom is 0.336 e. The Morgan fingerprint density at radius 1 is 0.917 bits per heavy atom. The van der Waals surface area contributed by atoms with Crippen LogP contribution < -0.4 is 4.90 Å². The molecule has 1 atom stereocenters. The number of hydrogen-bond acceptors (Lipinski definition) is 2. The summed E-state index contributed by atoms with van der Waals surface area (Å²) < 4.78 is 0. The summed E-state index contributed by atoms with van der Waals surface area (Å²) in [4.78, 5) is 28.4. The highest BCUT2D eigenvalue weighted by molar-refractivity contribution is 6.21. The largest absolute Gasteiger partial charge is 0.336 e. The lowest BCUT2D eigenvalue weighted by atomic mass is 10.0. The van der Waals surface area contributed by atoms with Crippen molar-refractivity contribution in [2.45, 2.75) is 19.9 Å². The highest BCUT2D eigenvalue weighted by Gasteiger charge is 2.46. The average Bonchev–Trinajstić information content (AvgIpc) is 2.85. The Hall–Kier alpha value is -2.88. The van der Waals surface area contributed by atoms with Crippen LogP contribution in [0.15, 0.2) is 66.9 Å². The second-order valence-electron chi connectivity index (χ2n) is 6.11. The van der Waals surface area contributed by atoms with Crippen LogP contribution in [0.2, 0.25) is 0 Å². The third kappa shape index (κ3) is 2.95. The number of rotatable bonds is 4. The fourth-order valence-electron chi connectivity index (χ4n) is 2.89. The van der Waals surface area contributed by atoms with Gasteiger partial charge in [-0.05, 0) is 29.7 Å². The Morgan fingerprint density at radius 3 is 2.08 bits per heavy atom. The summed E-state index contributed by atoms with van der Waals surface area (Å²) in [6.45, 7) is 3.90. The predicted molar refractivity (Wildman–Crippen MR) is 95.3 cm³/mol. The number of amides is 3. The van der Waals surface area contributed by atoms with E-state index in [2.05, 4.69) is 0 Å². The number of hydrogen-bond donors (Lipinski definition) is 0. The Bertz CT molecular complexity index is 754. The van der Waals surface area contributed by atoms with E-state index in [1.54, 1.807) is 18.3 Å². The molecular formula is C20H20N2O2. The first-order chi connectivity index (χ1) is 11.6. The molecular weight excluding hydrogens is 300 g/mol. The van der Waals surface area contributed by atoms with Crippen molar-refractivity contribution in [3.8, 4) is 0 Å². The molecule has 1 aliphatic rings. The molecule has 4 nitrogen and oxygen atoms in total. The molecule has 24 heavy (non-hydrogen) atoms. The average molecular weight is 320 g/mol.